The lowest BCUT2D eigenvalue weighted by atomic mass is 9.90. The molecule has 7 heteroatoms. The molecule has 0 saturated carbocycles. The number of carboxylic acids is 1. The van der Waals surface area contributed by atoms with E-state index < -0.39 is 11.9 Å². The fraction of sp³-hybridized carbons (Fsp3) is 0.250. The largest absolute Gasteiger partial charge is 0.481 e. The Hall–Kier alpha value is -2.80. The molecule has 3 rings (SSSR count). The van der Waals surface area contributed by atoms with Crippen LogP contribution >= 0.6 is 11.8 Å². The van der Waals surface area contributed by atoms with Crippen LogP contribution in [0.2, 0.25) is 0 Å². The summed E-state index contributed by atoms with van der Waals surface area (Å²) in [4.78, 5) is 35.2. The maximum atomic E-state index is 12.8. The van der Waals surface area contributed by atoms with Gasteiger partial charge in [-0.2, -0.15) is 11.8 Å². The Labute approximate surface area is 161 Å². The van der Waals surface area contributed by atoms with Crippen LogP contribution in [-0.2, 0) is 20.1 Å². The molecule has 0 fully saturated rings. The molecule has 1 heterocycles. The molecular formula is C20H20N2O4S. The highest BCUT2D eigenvalue weighted by molar-refractivity contribution is 7.98. The molecule has 1 aliphatic rings. The zero-order valence-corrected chi connectivity index (χ0v) is 15.4. The summed E-state index contributed by atoms with van der Waals surface area (Å²) in [5, 5.41) is 14.4. The maximum absolute atomic E-state index is 12.8. The highest BCUT2D eigenvalue weighted by Gasteiger charge is 2.30. The van der Waals surface area contributed by atoms with Gasteiger partial charge in [0.2, 0.25) is 11.8 Å². The fourth-order valence-electron chi connectivity index (χ4n) is 2.96. The van der Waals surface area contributed by atoms with Crippen LogP contribution in [0.25, 0.3) is 0 Å². The number of hydrogen-bond donors (Lipinski definition) is 3. The van der Waals surface area contributed by atoms with E-state index >= 15 is 0 Å². The number of fused-ring (bicyclic) bond motifs is 1. The summed E-state index contributed by atoms with van der Waals surface area (Å²) in [5.74, 6) is -0.500. The lowest BCUT2D eigenvalue weighted by molar-refractivity contribution is -0.136. The smallest absolute Gasteiger partial charge is 0.304 e. The van der Waals surface area contributed by atoms with Gasteiger partial charge in [0, 0.05) is 29.3 Å². The molecule has 6 nitrogen and oxygen atoms in total. The number of carbonyl (C=O) groups excluding carboxylic acids is 2. The summed E-state index contributed by atoms with van der Waals surface area (Å²) in [6, 6.07) is 14.8. The van der Waals surface area contributed by atoms with Crippen LogP contribution in [0.5, 0.6) is 0 Å². The van der Waals surface area contributed by atoms with Crippen molar-refractivity contribution in [2.45, 2.75) is 24.5 Å². The molecule has 2 aromatic rings. The van der Waals surface area contributed by atoms with Crippen LogP contribution in [0.1, 0.15) is 29.9 Å². The van der Waals surface area contributed by atoms with Crippen molar-refractivity contribution in [3.63, 3.8) is 0 Å². The van der Waals surface area contributed by atoms with E-state index in [1.807, 2.05) is 36.4 Å². The number of para-hydroxylation sites is 1. The minimum atomic E-state index is -0.805. The molecule has 2 amide bonds. The molecular weight excluding hydrogens is 364 g/mol. The number of carboxylic acid groups (broad SMARTS) is 1. The van der Waals surface area contributed by atoms with Crippen LogP contribution < -0.4 is 10.6 Å². The van der Waals surface area contributed by atoms with Gasteiger partial charge >= 0.3 is 5.97 Å². The van der Waals surface area contributed by atoms with Crippen molar-refractivity contribution in [1.82, 2.24) is 0 Å². The van der Waals surface area contributed by atoms with Crippen LogP contribution in [0, 0.1) is 0 Å². The van der Waals surface area contributed by atoms with Crippen LogP contribution in [-0.4, -0.2) is 28.6 Å². The molecule has 2 aromatic carbocycles. The Morgan fingerprint density at radius 1 is 1.19 bits per heavy atom. The average molecular weight is 384 g/mol. The molecule has 1 unspecified atom stereocenters. The predicted octanol–water partition coefficient (Wildman–Crippen LogP) is 3.46. The monoisotopic (exact) mass is 384 g/mol. The van der Waals surface area contributed by atoms with Crippen molar-refractivity contribution < 1.29 is 19.5 Å². The van der Waals surface area contributed by atoms with Gasteiger partial charge in [-0.05, 0) is 29.3 Å². The summed E-state index contributed by atoms with van der Waals surface area (Å²) in [7, 11) is 0. The minimum Gasteiger partial charge on any atom is -0.481 e. The van der Waals surface area contributed by atoms with E-state index in [1.54, 1.807) is 12.1 Å². The number of nitrogens with one attached hydrogen (secondary N) is 2. The van der Waals surface area contributed by atoms with Crippen molar-refractivity contribution in [1.29, 1.82) is 0 Å². The highest BCUT2D eigenvalue weighted by Crippen LogP contribution is 2.33. The minimum absolute atomic E-state index is 0.119. The van der Waals surface area contributed by atoms with Gasteiger partial charge in [-0.3, -0.25) is 14.4 Å². The average Bonchev–Trinajstić information content (AvgIpc) is 2.64. The van der Waals surface area contributed by atoms with E-state index in [-0.39, 0.29) is 24.7 Å². The number of thioether (sulfide) groups is 1. The third-order valence-electron chi connectivity index (χ3n) is 4.24. The zero-order chi connectivity index (χ0) is 19.2. The Kier molecular flexibility index (Phi) is 6.13. The van der Waals surface area contributed by atoms with Gasteiger partial charge in [0.05, 0.1) is 12.3 Å². The summed E-state index contributed by atoms with van der Waals surface area (Å²) in [5.41, 5.74) is 3.16. The first-order chi connectivity index (χ1) is 13.0. The molecule has 3 N–H and O–H groups in total. The fourth-order valence-corrected chi connectivity index (χ4v) is 3.84. The molecule has 0 saturated heterocycles. The van der Waals surface area contributed by atoms with Crippen LogP contribution in [0.3, 0.4) is 0 Å². The third kappa shape index (κ3) is 5.10. The number of carbonyl (C=O) groups is 3. The molecule has 0 radical (unpaired) electrons. The van der Waals surface area contributed by atoms with Gasteiger partial charge in [0.1, 0.15) is 0 Å². The van der Waals surface area contributed by atoms with Crippen LogP contribution in [0.4, 0.5) is 11.4 Å². The Morgan fingerprint density at radius 2 is 2.00 bits per heavy atom. The van der Waals surface area contributed by atoms with Crippen molar-refractivity contribution in [2.75, 3.05) is 16.4 Å². The van der Waals surface area contributed by atoms with Crippen LogP contribution in [0.15, 0.2) is 48.5 Å². The number of rotatable bonds is 7. The molecule has 0 spiro atoms. The van der Waals surface area contributed by atoms with E-state index in [9.17, 15) is 14.4 Å². The number of benzene rings is 2. The van der Waals surface area contributed by atoms with Gasteiger partial charge in [0.25, 0.3) is 0 Å². The second-order valence-corrected chi connectivity index (χ2v) is 7.38. The van der Waals surface area contributed by atoms with Gasteiger partial charge in [-0.1, -0.05) is 30.3 Å². The molecule has 0 aromatic heterocycles. The molecule has 0 bridgehead atoms. The Bertz CT molecular complexity index is 869. The van der Waals surface area contributed by atoms with E-state index in [1.165, 1.54) is 11.8 Å². The summed E-state index contributed by atoms with van der Waals surface area (Å²) in [6.07, 6.45) is 0.248. The maximum Gasteiger partial charge on any atom is 0.304 e. The standard InChI is InChI=1S/C20H20N2O4S/c23-18-11-16(15-6-1-2-7-17(15)22-18)20(26)21-14-5-3-4-13(10-14)12-27-9-8-19(24)25/h1-7,10,16H,8-9,11-12H2,(H,21,26)(H,22,23)(H,24,25). The summed E-state index contributed by atoms with van der Waals surface area (Å²) >= 11 is 1.53. The molecule has 140 valence electrons. The number of aliphatic carboxylic acids is 1. The second-order valence-electron chi connectivity index (χ2n) is 6.28. The lowest BCUT2D eigenvalue weighted by Gasteiger charge is -2.24. The first-order valence-corrected chi connectivity index (χ1v) is 9.76. The van der Waals surface area contributed by atoms with Crippen molar-refractivity contribution in [2.24, 2.45) is 0 Å². The molecule has 27 heavy (non-hydrogen) atoms. The van der Waals surface area contributed by atoms with Gasteiger partial charge in [-0.15, -0.1) is 0 Å². The van der Waals surface area contributed by atoms with Crippen molar-refractivity contribution in [3.05, 3.63) is 59.7 Å². The number of hydrogen-bond acceptors (Lipinski definition) is 4. The SMILES string of the molecule is O=C(O)CCSCc1cccc(NC(=O)C2CC(=O)Nc3ccccc32)c1. The predicted molar refractivity (Wildman–Crippen MR) is 106 cm³/mol. The molecule has 0 aliphatic carbocycles. The van der Waals surface area contributed by atoms with Crippen molar-refractivity contribution in [3.8, 4) is 0 Å². The van der Waals surface area contributed by atoms with E-state index in [0.717, 1.165) is 11.1 Å². The highest BCUT2D eigenvalue weighted by atomic mass is 32.2. The van der Waals surface area contributed by atoms with Gasteiger partial charge in [-0.25, -0.2) is 0 Å². The summed E-state index contributed by atoms with van der Waals surface area (Å²) in [6.45, 7) is 0. The normalized spacial score (nSPS) is 15.6. The third-order valence-corrected chi connectivity index (χ3v) is 5.27. The molecule has 1 atom stereocenters. The molecule has 1 aliphatic heterocycles. The summed E-state index contributed by atoms with van der Waals surface area (Å²) < 4.78 is 0. The van der Waals surface area contributed by atoms with E-state index in [2.05, 4.69) is 10.6 Å². The van der Waals surface area contributed by atoms with Gasteiger partial charge < -0.3 is 15.7 Å². The number of amides is 2. The first kappa shape index (κ1) is 19.0. The van der Waals surface area contributed by atoms with E-state index in [0.29, 0.717) is 22.9 Å². The van der Waals surface area contributed by atoms with Crippen molar-refractivity contribution >= 4 is 40.9 Å². The van der Waals surface area contributed by atoms with Gasteiger partial charge in [0.15, 0.2) is 0 Å². The zero-order valence-electron chi connectivity index (χ0n) is 14.6. The Morgan fingerprint density at radius 3 is 2.81 bits per heavy atom. The second kappa shape index (κ2) is 8.73. The lowest BCUT2D eigenvalue weighted by Crippen LogP contribution is -2.30. The quantitative estimate of drug-likeness (QED) is 0.636. The topological polar surface area (TPSA) is 95.5 Å². The van der Waals surface area contributed by atoms with E-state index in [4.69, 9.17) is 5.11 Å². The number of anilines is 2. The first-order valence-electron chi connectivity index (χ1n) is 8.61. The Balaban J connectivity index is 1.65.